The lowest BCUT2D eigenvalue weighted by Gasteiger charge is -2.19. The monoisotopic (exact) mass is 405 g/mol. The van der Waals surface area contributed by atoms with Crippen molar-refractivity contribution >= 4 is 56.6 Å². The molecule has 0 saturated carbocycles. The molecule has 0 N–H and O–H groups in total. The van der Waals surface area contributed by atoms with Crippen LogP contribution < -0.4 is 0 Å². The van der Waals surface area contributed by atoms with Crippen LogP contribution >= 0.6 is 50.7 Å². The van der Waals surface area contributed by atoms with Crippen molar-refractivity contribution in [2.24, 2.45) is 0 Å². The van der Waals surface area contributed by atoms with E-state index in [0.29, 0.717) is 27.2 Å². The van der Waals surface area contributed by atoms with E-state index in [1.54, 1.807) is 42.3 Å². The number of rotatable bonds is 3. The van der Waals surface area contributed by atoms with Gasteiger partial charge in [0.25, 0.3) is 5.91 Å². The summed E-state index contributed by atoms with van der Waals surface area (Å²) in [6.07, 6.45) is 0. The van der Waals surface area contributed by atoms with Gasteiger partial charge in [0.05, 0.1) is 20.6 Å². The fourth-order valence-electron chi connectivity index (χ4n) is 1.86. The molecule has 0 aliphatic rings. The van der Waals surface area contributed by atoms with Gasteiger partial charge in [-0.2, -0.15) is 0 Å². The third kappa shape index (κ3) is 3.92. The van der Waals surface area contributed by atoms with E-state index in [2.05, 4.69) is 15.9 Å². The zero-order valence-electron chi connectivity index (χ0n) is 11.0. The first-order valence-electron chi connectivity index (χ1n) is 6.03. The summed E-state index contributed by atoms with van der Waals surface area (Å²) in [7, 11) is 1.69. The standard InChI is InChI=1S/C15H11BrCl3NO/c1-20(8-9-3-2-4-13(18)14(9)19)15(21)11-7-10(16)5-6-12(11)17/h2-7H,8H2,1H3. The number of hydrogen-bond donors (Lipinski definition) is 0. The second-order valence-corrected chi connectivity index (χ2v) is 6.61. The van der Waals surface area contributed by atoms with Crippen LogP contribution in [0.15, 0.2) is 40.9 Å². The van der Waals surface area contributed by atoms with E-state index >= 15 is 0 Å². The van der Waals surface area contributed by atoms with Gasteiger partial charge in [0, 0.05) is 18.1 Å². The molecule has 2 aromatic rings. The SMILES string of the molecule is CN(Cc1cccc(Cl)c1Cl)C(=O)c1cc(Br)ccc1Cl. The number of carbonyl (C=O) groups is 1. The fraction of sp³-hybridized carbons (Fsp3) is 0.133. The highest BCUT2D eigenvalue weighted by Crippen LogP contribution is 2.27. The predicted molar refractivity (Wildman–Crippen MR) is 91.4 cm³/mol. The number of amides is 1. The van der Waals surface area contributed by atoms with Gasteiger partial charge in [0.1, 0.15) is 0 Å². The second kappa shape index (κ2) is 7.01. The van der Waals surface area contributed by atoms with Gasteiger partial charge in [-0.05, 0) is 29.8 Å². The van der Waals surface area contributed by atoms with Crippen molar-refractivity contribution in [3.05, 3.63) is 67.1 Å². The summed E-state index contributed by atoms with van der Waals surface area (Å²) in [5.41, 5.74) is 1.22. The first-order chi connectivity index (χ1) is 9.90. The van der Waals surface area contributed by atoms with Crippen LogP contribution in [0.3, 0.4) is 0 Å². The summed E-state index contributed by atoms with van der Waals surface area (Å²) in [6.45, 7) is 0.348. The van der Waals surface area contributed by atoms with Crippen LogP contribution in [0.5, 0.6) is 0 Å². The number of benzene rings is 2. The average Bonchev–Trinajstić information content (AvgIpc) is 2.45. The molecule has 21 heavy (non-hydrogen) atoms. The van der Waals surface area contributed by atoms with E-state index in [1.165, 1.54) is 0 Å². The highest BCUT2D eigenvalue weighted by molar-refractivity contribution is 9.10. The molecule has 1 amide bonds. The highest BCUT2D eigenvalue weighted by atomic mass is 79.9. The molecule has 0 spiro atoms. The molecule has 2 nitrogen and oxygen atoms in total. The largest absolute Gasteiger partial charge is 0.337 e. The number of carbonyl (C=O) groups excluding carboxylic acids is 1. The van der Waals surface area contributed by atoms with Crippen molar-refractivity contribution < 1.29 is 4.79 Å². The van der Waals surface area contributed by atoms with Gasteiger partial charge >= 0.3 is 0 Å². The third-order valence-electron chi connectivity index (χ3n) is 2.94. The number of halogens is 4. The third-order valence-corrected chi connectivity index (χ3v) is 4.63. The van der Waals surface area contributed by atoms with Crippen LogP contribution in [0.4, 0.5) is 0 Å². The van der Waals surface area contributed by atoms with E-state index in [9.17, 15) is 4.79 Å². The Morgan fingerprint density at radius 2 is 1.86 bits per heavy atom. The molecule has 0 atom stereocenters. The molecule has 0 saturated heterocycles. The fourth-order valence-corrected chi connectivity index (χ4v) is 2.80. The molecule has 0 heterocycles. The number of hydrogen-bond acceptors (Lipinski definition) is 1. The molecule has 0 aliphatic carbocycles. The zero-order valence-corrected chi connectivity index (χ0v) is 14.9. The predicted octanol–water partition coefficient (Wildman–Crippen LogP) is 5.68. The lowest BCUT2D eigenvalue weighted by Crippen LogP contribution is -2.26. The summed E-state index contributed by atoms with van der Waals surface area (Å²) in [5, 5.41) is 1.34. The summed E-state index contributed by atoms with van der Waals surface area (Å²) in [6, 6.07) is 10.5. The lowest BCUT2D eigenvalue weighted by atomic mass is 10.1. The summed E-state index contributed by atoms with van der Waals surface area (Å²) >= 11 is 21.5. The smallest absolute Gasteiger partial charge is 0.255 e. The van der Waals surface area contributed by atoms with Crippen LogP contribution in [0, 0.1) is 0 Å². The molecule has 0 bridgehead atoms. The minimum absolute atomic E-state index is 0.183. The Morgan fingerprint density at radius 3 is 2.57 bits per heavy atom. The van der Waals surface area contributed by atoms with Gasteiger partial charge in [0.15, 0.2) is 0 Å². The van der Waals surface area contributed by atoms with Crippen LogP contribution in [0.2, 0.25) is 15.1 Å². The van der Waals surface area contributed by atoms with E-state index < -0.39 is 0 Å². The Bertz CT molecular complexity index is 691. The maximum Gasteiger partial charge on any atom is 0.255 e. The Morgan fingerprint density at radius 1 is 1.14 bits per heavy atom. The van der Waals surface area contributed by atoms with Gasteiger partial charge in [-0.1, -0.05) is 62.9 Å². The van der Waals surface area contributed by atoms with Crippen molar-refractivity contribution in [3.8, 4) is 0 Å². The van der Waals surface area contributed by atoms with Crippen LogP contribution in [0.1, 0.15) is 15.9 Å². The van der Waals surface area contributed by atoms with Crippen molar-refractivity contribution in [2.75, 3.05) is 7.05 Å². The minimum atomic E-state index is -0.183. The summed E-state index contributed by atoms with van der Waals surface area (Å²) in [5.74, 6) is -0.183. The Kier molecular flexibility index (Phi) is 5.55. The maximum absolute atomic E-state index is 12.5. The van der Waals surface area contributed by atoms with E-state index in [-0.39, 0.29) is 5.91 Å². The molecule has 6 heteroatoms. The molecule has 0 aliphatic heterocycles. The van der Waals surface area contributed by atoms with E-state index in [1.807, 2.05) is 6.07 Å². The van der Waals surface area contributed by atoms with Gasteiger partial charge in [-0.25, -0.2) is 0 Å². The molecule has 2 rings (SSSR count). The molecule has 2 aromatic carbocycles. The van der Waals surface area contributed by atoms with Gasteiger partial charge in [0.2, 0.25) is 0 Å². The highest BCUT2D eigenvalue weighted by Gasteiger charge is 2.17. The average molecular weight is 408 g/mol. The molecular weight excluding hydrogens is 396 g/mol. The topological polar surface area (TPSA) is 20.3 Å². The molecule has 0 fully saturated rings. The van der Waals surface area contributed by atoms with E-state index in [0.717, 1.165) is 10.0 Å². The van der Waals surface area contributed by atoms with Crippen LogP contribution in [-0.2, 0) is 6.54 Å². The van der Waals surface area contributed by atoms with Crippen LogP contribution in [-0.4, -0.2) is 17.9 Å². The molecule has 0 unspecified atom stereocenters. The number of nitrogens with zero attached hydrogens (tertiary/aromatic N) is 1. The van der Waals surface area contributed by atoms with E-state index in [4.69, 9.17) is 34.8 Å². The van der Waals surface area contributed by atoms with Gasteiger partial charge < -0.3 is 4.90 Å². The Hall–Kier alpha value is -0.740. The lowest BCUT2D eigenvalue weighted by molar-refractivity contribution is 0.0785. The molecular formula is C15H11BrCl3NO. The van der Waals surface area contributed by atoms with Gasteiger partial charge in [-0.3, -0.25) is 4.79 Å². The molecule has 110 valence electrons. The normalized spacial score (nSPS) is 10.5. The quantitative estimate of drug-likeness (QED) is 0.641. The summed E-state index contributed by atoms with van der Waals surface area (Å²) < 4.78 is 0.796. The van der Waals surface area contributed by atoms with Crippen molar-refractivity contribution in [1.82, 2.24) is 4.90 Å². The molecule has 0 aromatic heterocycles. The Balaban J connectivity index is 2.24. The second-order valence-electron chi connectivity index (χ2n) is 4.50. The first-order valence-corrected chi connectivity index (χ1v) is 7.96. The summed E-state index contributed by atoms with van der Waals surface area (Å²) in [4.78, 5) is 14.0. The van der Waals surface area contributed by atoms with Crippen LogP contribution in [0.25, 0.3) is 0 Å². The first kappa shape index (κ1) is 16.6. The minimum Gasteiger partial charge on any atom is -0.337 e. The zero-order chi connectivity index (χ0) is 15.6. The van der Waals surface area contributed by atoms with Gasteiger partial charge in [-0.15, -0.1) is 0 Å². The Labute approximate surface area is 146 Å². The van der Waals surface area contributed by atoms with Crippen molar-refractivity contribution in [1.29, 1.82) is 0 Å². The van der Waals surface area contributed by atoms with Crippen molar-refractivity contribution in [3.63, 3.8) is 0 Å². The molecule has 0 radical (unpaired) electrons. The maximum atomic E-state index is 12.5. The van der Waals surface area contributed by atoms with Crippen molar-refractivity contribution in [2.45, 2.75) is 6.54 Å².